The van der Waals surface area contributed by atoms with Gasteiger partial charge in [-0.25, -0.2) is 0 Å². The number of ketones is 1. The van der Waals surface area contributed by atoms with Crippen molar-refractivity contribution in [2.45, 2.75) is 42.2 Å². The van der Waals surface area contributed by atoms with Gasteiger partial charge in [0, 0.05) is 0 Å². The quantitative estimate of drug-likeness (QED) is 0.261. The number of Topliss-reactive ketones (excluding diaryl/α,β-unsaturated/α-hetero) is 1. The third kappa shape index (κ3) is 6.48. The van der Waals surface area contributed by atoms with Crippen molar-refractivity contribution in [1.29, 1.82) is 0 Å². The van der Waals surface area contributed by atoms with Gasteiger partial charge in [0.25, 0.3) is 0 Å². The molecule has 144 valence electrons. The zero-order chi connectivity index (χ0) is 19.6. The Morgan fingerprint density at radius 2 is 1.39 bits per heavy atom. The van der Waals surface area contributed by atoms with Crippen LogP contribution in [0.3, 0.4) is 0 Å². The molecule has 2 atom stereocenters. The van der Waals surface area contributed by atoms with Gasteiger partial charge < -0.3 is 0 Å². The Morgan fingerprint density at radius 1 is 0.821 bits per heavy atom. The van der Waals surface area contributed by atoms with Crippen molar-refractivity contribution in [2.24, 2.45) is 0 Å². The zero-order valence-electron chi connectivity index (χ0n) is 16.5. The topological polar surface area (TPSA) is 17.1 Å². The number of hydrogen-bond donors (Lipinski definition) is 0. The number of carbonyl (C=O) groups is 1. The predicted molar refractivity (Wildman–Crippen MR) is 119 cm³/mol. The molecule has 0 unspecified atom stereocenters. The van der Waals surface area contributed by atoms with Crippen LogP contribution in [-0.4, -0.2) is 20.7 Å². The van der Waals surface area contributed by atoms with Crippen molar-refractivity contribution in [3.05, 3.63) is 108 Å². The summed E-state index contributed by atoms with van der Waals surface area (Å²) in [7, 11) is 0. The maximum atomic E-state index is 12.8. The molecule has 0 saturated carbocycles. The van der Waals surface area contributed by atoms with E-state index in [1.165, 1.54) is 24.0 Å². The van der Waals surface area contributed by atoms with Gasteiger partial charge in [-0.1, -0.05) is 0 Å². The first-order valence-electron chi connectivity index (χ1n) is 10.0. The predicted octanol–water partition coefficient (Wildman–Crippen LogP) is 6.54. The Kier molecular flexibility index (Phi) is 8.08. The Labute approximate surface area is 175 Å². The van der Waals surface area contributed by atoms with Crippen LogP contribution in [0.5, 0.6) is 0 Å². The van der Waals surface area contributed by atoms with E-state index in [0.29, 0.717) is 31.0 Å². The molecule has 2 heteroatoms. The standard InChI is InChI=1S/C26H28OSe/c1-21(12-11-15-22-13-5-2-6-14-22)28-26(24-18-9-4-10-19-24)20-25(27)23-16-7-3-8-17-23/h2-10,13-14,16-19,21,26H,11-12,15,20H2,1H3/t21-,26-/m1/s1. The summed E-state index contributed by atoms with van der Waals surface area (Å²) in [4.78, 5) is 13.8. The molecule has 0 spiro atoms. The molecule has 3 aromatic rings. The molecule has 0 saturated heterocycles. The van der Waals surface area contributed by atoms with Gasteiger partial charge in [0.05, 0.1) is 0 Å². The summed E-state index contributed by atoms with van der Waals surface area (Å²) in [5, 5.41) is 0. The second kappa shape index (κ2) is 11.0. The van der Waals surface area contributed by atoms with E-state index >= 15 is 0 Å². The van der Waals surface area contributed by atoms with E-state index in [-0.39, 0.29) is 5.78 Å². The van der Waals surface area contributed by atoms with E-state index in [4.69, 9.17) is 0 Å². The van der Waals surface area contributed by atoms with Gasteiger partial charge in [0.2, 0.25) is 0 Å². The molecule has 0 aromatic heterocycles. The average Bonchev–Trinajstić information content (AvgIpc) is 2.75. The Hall–Kier alpha value is -2.15. The van der Waals surface area contributed by atoms with Crippen LogP contribution in [0.25, 0.3) is 0 Å². The molecule has 0 fully saturated rings. The van der Waals surface area contributed by atoms with Crippen LogP contribution in [0.1, 0.15) is 52.5 Å². The molecule has 0 aliphatic heterocycles. The second-order valence-electron chi connectivity index (χ2n) is 7.22. The molecule has 0 amide bonds. The summed E-state index contributed by atoms with van der Waals surface area (Å²) in [6.45, 7) is 2.36. The van der Waals surface area contributed by atoms with Gasteiger partial charge in [0.1, 0.15) is 0 Å². The molecule has 1 nitrogen and oxygen atoms in total. The normalized spacial score (nSPS) is 13.0. The number of carbonyl (C=O) groups excluding carboxylic acids is 1. The summed E-state index contributed by atoms with van der Waals surface area (Å²) >= 11 is 0.391. The minimum absolute atomic E-state index is 0.257. The SMILES string of the molecule is C[C@H](CCCc1ccccc1)[Se][C@H](CC(=O)c1ccccc1)c1ccccc1. The third-order valence-corrected chi connectivity index (χ3v) is 8.03. The van der Waals surface area contributed by atoms with Crippen LogP contribution in [0.4, 0.5) is 0 Å². The summed E-state index contributed by atoms with van der Waals surface area (Å²) in [5.41, 5.74) is 3.55. The van der Waals surface area contributed by atoms with Crippen molar-refractivity contribution in [2.75, 3.05) is 0 Å². The van der Waals surface area contributed by atoms with Crippen LogP contribution in [0.2, 0.25) is 4.82 Å². The molecular formula is C26H28OSe. The fraction of sp³-hybridized carbons (Fsp3) is 0.269. The van der Waals surface area contributed by atoms with E-state index in [9.17, 15) is 4.79 Å². The van der Waals surface area contributed by atoms with Gasteiger partial charge in [-0.2, -0.15) is 0 Å². The van der Waals surface area contributed by atoms with E-state index < -0.39 is 0 Å². The molecule has 3 rings (SSSR count). The number of rotatable bonds is 10. The van der Waals surface area contributed by atoms with Crippen LogP contribution in [0, 0.1) is 0 Å². The second-order valence-corrected chi connectivity index (χ2v) is 10.7. The van der Waals surface area contributed by atoms with Gasteiger partial charge in [-0.15, -0.1) is 0 Å². The van der Waals surface area contributed by atoms with E-state index in [0.717, 1.165) is 12.0 Å². The zero-order valence-corrected chi connectivity index (χ0v) is 18.2. The molecule has 3 aromatic carbocycles. The van der Waals surface area contributed by atoms with E-state index in [2.05, 4.69) is 67.6 Å². The van der Waals surface area contributed by atoms with Crippen LogP contribution in [-0.2, 0) is 6.42 Å². The molecule has 0 aliphatic rings. The Morgan fingerprint density at radius 3 is 2.04 bits per heavy atom. The van der Waals surface area contributed by atoms with Crippen molar-refractivity contribution < 1.29 is 4.79 Å². The average molecular weight is 435 g/mol. The van der Waals surface area contributed by atoms with Crippen LogP contribution >= 0.6 is 0 Å². The van der Waals surface area contributed by atoms with Crippen molar-refractivity contribution in [3.63, 3.8) is 0 Å². The van der Waals surface area contributed by atoms with Crippen molar-refractivity contribution in [1.82, 2.24) is 0 Å². The number of aryl methyl sites for hydroxylation is 1. The molecular weight excluding hydrogens is 407 g/mol. The van der Waals surface area contributed by atoms with Crippen LogP contribution in [0.15, 0.2) is 91.0 Å². The van der Waals surface area contributed by atoms with Gasteiger partial charge >= 0.3 is 175 Å². The maximum absolute atomic E-state index is 12.8. The molecule has 0 bridgehead atoms. The summed E-state index contributed by atoms with van der Waals surface area (Å²) in [5.74, 6) is 0.257. The fourth-order valence-corrected chi connectivity index (χ4v) is 6.40. The Bertz CT molecular complexity index is 830. The molecule has 0 radical (unpaired) electrons. The number of hydrogen-bond acceptors (Lipinski definition) is 1. The third-order valence-electron chi connectivity index (χ3n) is 4.95. The summed E-state index contributed by atoms with van der Waals surface area (Å²) in [6, 6.07) is 31.0. The monoisotopic (exact) mass is 436 g/mol. The van der Waals surface area contributed by atoms with Gasteiger partial charge in [0.15, 0.2) is 0 Å². The molecule has 0 N–H and O–H groups in total. The number of benzene rings is 3. The van der Waals surface area contributed by atoms with Gasteiger partial charge in [-0.3, -0.25) is 0 Å². The first kappa shape index (κ1) is 20.6. The summed E-state index contributed by atoms with van der Waals surface area (Å²) in [6.07, 6.45) is 4.18. The first-order chi connectivity index (χ1) is 13.7. The minimum atomic E-state index is 0.257. The van der Waals surface area contributed by atoms with Gasteiger partial charge in [-0.05, 0) is 0 Å². The van der Waals surface area contributed by atoms with E-state index in [1.54, 1.807) is 0 Å². The fourth-order valence-electron chi connectivity index (χ4n) is 3.41. The first-order valence-corrected chi connectivity index (χ1v) is 12.0. The van der Waals surface area contributed by atoms with Crippen LogP contribution < -0.4 is 0 Å². The van der Waals surface area contributed by atoms with Crippen molar-refractivity contribution >= 4 is 20.7 Å². The molecule has 28 heavy (non-hydrogen) atoms. The Balaban J connectivity index is 1.59. The molecule has 0 aliphatic carbocycles. The van der Waals surface area contributed by atoms with Crippen molar-refractivity contribution in [3.8, 4) is 0 Å². The van der Waals surface area contributed by atoms with E-state index in [1.807, 2.05) is 30.3 Å². The molecule has 0 heterocycles. The summed E-state index contributed by atoms with van der Waals surface area (Å²) < 4.78 is 0.